The third kappa shape index (κ3) is 5.79. The van der Waals surface area contributed by atoms with Gasteiger partial charge in [0, 0.05) is 11.3 Å². The maximum Gasteiger partial charge on any atom is 0.265 e. The van der Waals surface area contributed by atoms with Gasteiger partial charge in [0.05, 0.1) is 24.4 Å². The van der Waals surface area contributed by atoms with E-state index in [1.54, 1.807) is 25.3 Å². The number of halogens is 1. The summed E-state index contributed by atoms with van der Waals surface area (Å²) in [6.45, 7) is 2.23. The molecule has 0 aromatic heterocycles. The monoisotopic (exact) mass is 406 g/mol. The highest BCUT2D eigenvalue weighted by Gasteiger charge is 2.10. The SMILES string of the molecule is CCOc1cc(/C=N/OCC(=O)Nc2ccccc2)cc(Br)c1OC. The minimum atomic E-state index is -0.283. The van der Waals surface area contributed by atoms with E-state index >= 15 is 0 Å². The minimum Gasteiger partial charge on any atom is -0.492 e. The Morgan fingerprint density at radius 1 is 1.28 bits per heavy atom. The van der Waals surface area contributed by atoms with E-state index < -0.39 is 0 Å². The summed E-state index contributed by atoms with van der Waals surface area (Å²) in [7, 11) is 1.57. The minimum absolute atomic E-state index is 0.180. The fourth-order valence-electron chi connectivity index (χ4n) is 2.04. The summed E-state index contributed by atoms with van der Waals surface area (Å²) >= 11 is 3.43. The second-order valence-electron chi connectivity index (χ2n) is 4.89. The van der Waals surface area contributed by atoms with Crippen molar-refractivity contribution < 1.29 is 19.1 Å². The number of hydrogen-bond acceptors (Lipinski definition) is 5. The third-order valence-electron chi connectivity index (χ3n) is 3.07. The zero-order valence-corrected chi connectivity index (χ0v) is 15.6. The van der Waals surface area contributed by atoms with Crippen LogP contribution in [0.2, 0.25) is 0 Å². The lowest BCUT2D eigenvalue weighted by molar-refractivity contribution is -0.120. The number of nitrogens with zero attached hydrogens (tertiary/aromatic N) is 1. The molecule has 7 heteroatoms. The van der Waals surface area contributed by atoms with Crippen LogP contribution in [0.4, 0.5) is 5.69 Å². The molecule has 1 amide bonds. The van der Waals surface area contributed by atoms with Gasteiger partial charge < -0.3 is 19.6 Å². The molecule has 0 saturated carbocycles. The molecule has 0 spiro atoms. The molecule has 0 heterocycles. The normalized spacial score (nSPS) is 10.5. The van der Waals surface area contributed by atoms with E-state index in [0.29, 0.717) is 23.8 Å². The molecule has 0 radical (unpaired) electrons. The lowest BCUT2D eigenvalue weighted by Crippen LogP contribution is -2.16. The van der Waals surface area contributed by atoms with Gasteiger partial charge in [-0.05, 0) is 47.1 Å². The van der Waals surface area contributed by atoms with Gasteiger partial charge >= 0.3 is 0 Å². The van der Waals surface area contributed by atoms with Gasteiger partial charge in [-0.15, -0.1) is 0 Å². The van der Waals surface area contributed by atoms with Gasteiger partial charge in [-0.1, -0.05) is 23.4 Å². The van der Waals surface area contributed by atoms with Gasteiger partial charge in [-0.3, -0.25) is 4.79 Å². The van der Waals surface area contributed by atoms with Crippen molar-refractivity contribution in [2.75, 3.05) is 25.6 Å². The molecule has 0 bridgehead atoms. The summed E-state index contributed by atoms with van der Waals surface area (Å²) in [6.07, 6.45) is 1.50. The molecule has 0 aliphatic carbocycles. The zero-order chi connectivity index (χ0) is 18.1. The molecule has 25 heavy (non-hydrogen) atoms. The molecule has 2 rings (SSSR count). The summed E-state index contributed by atoms with van der Waals surface area (Å²) in [5, 5.41) is 6.53. The first kappa shape index (κ1) is 18.8. The Bertz CT molecular complexity index is 735. The largest absolute Gasteiger partial charge is 0.492 e. The molecular formula is C18H19BrN2O4. The van der Waals surface area contributed by atoms with E-state index in [1.807, 2.05) is 31.2 Å². The number of carbonyl (C=O) groups excluding carboxylic acids is 1. The Labute approximate surface area is 154 Å². The number of nitrogens with one attached hydrogen (secondary N) is 1. The fourth-order valence-corrected chi connectivity index (χ4v) is 2.66. The van der Waals surface area contributed by atoms with Crippen molar-refractivity contribution in [3.05, 3.63) is 52.5 Å². The number of benzene rings is 2. The lowest BCUT2D eigenvalue weighted by Gasteiger charge is -2.11. The van der Waals surface area contributed by atoms with Crippen molar-refractivity contribution >= 4 is 33.7 Å². The number of amides is 1. The maximum absolute atomic E-state index is 11.7. The highest BCUT2D eigenvalue weighted by molar-refractivity contribution is 9.10. The smallest absolute Gasteiger partial charge is 0.265 e. The predicted octanol–water partition coefficient (Wildman–Crippen LogP) is 3.85. The number of carbonyl (C=O) groups is 1. The molecule has 132 valence electrons. The van der Waals surface area contributed by atoms with Crippen LogP contribution in [0, 0.1) is 0 Å². The Kier molecular flexibility index (Phi) is 7.28. The van der Waals surface area contributed by atoms with Crippen molar-refractivity contribution in [1.29, 1.82) is 0 Å². The Hall–Kier alpha value is -2.54. The average Bonchev–Trinajstić information content (AvgIpc) is 2.60. The standard InChI is InChI=1S/C18H19BrN2O4/c1-3-24-16-10-13(9-15(19)18(16)23-2)11-20-25-12-17(22)21-14-7-5-4-6-8-14/h4-11H,3,12H2,1-2H3,(H,21,22)/b20-11+. The van der Waals surface area contributed by atoms with Crippen molar-refractivity contribution in [1.82, 2.24) is 0 Å². The zero-order valence-electron chi connectivity index (χ0n) is 14.0. The summed E-state index contributed by atoms with van der Waals surface area (Å²) in [5.41, 5.74) is 1.46. The van der Waals surface area contributed by atoms with Crippen LogP contribution < -0.4 is 14.8 Å². The van der Waals surface area contributed by atoms with Crippen LogP contribution in [0.25, 0.3) is 0 Å². The first-order valence-corrected chi connectivity index (χ1v) is 8.44. The first-order chi connectivity index (χ1) is 12.1. The maximum atomic E-state index is 11.7. The van der Waals surface area contributed by atoms with Gasteiger partial charge in [0.1, 0.15) is 0 Å². The highest BCUT2D eigenvalue weighted by Crippen LogP contribution is 2.36. The third-order valence-corrected chi connectivity index (χ3v) is 3.65. The van der Waals surface area contributed by atoms with Crippen LogP contribution in [0.15, 0.2) is 52.1 Å². The molecule has 0 aliphatic rings. The Morgan fingerprint density at radius 3 is 2.72 bits per heavy atom. The van der Waals surface area contributed by atoms with Gasteiger partial charge in [0.25, 0.3) is 5.91 Å². The molecule has 2 aromatic carbocycles. The Morgan fingerprint density at radius 2 is 2.04 bits per heavy atom. The summed E-state index contributed by atoms with van der Waals surface area (Å²) in [5.74, 6) is 0.930. The van der Waals surface area contributed by atoms with Gasteiger partial charge in [0.15, 0.2) is 18.1 Å². The summed E-state index contributed by atoms with van der Waals surface area (Å²) < 4.78 is 11.6. The molecule has 6 nitrogen and oxygen atoms in total. The van der Waals surface area contributed by atoms with Crippen molar-refractivity contribution in [2.45, 2.75) is 6.92 Å². The van der Waals surface area contributed by atoms with Crippen LogP contribution in [0.3, 0.4) is 0 Å². The van der Waals surface area contributed by atoms with Crippen LogP contribution in [0.5, 0.6) is 11.5 Å². The van der Waals surface area contributed by atoms with Crippen molar-refractivity contribution in [3.8, 4) is 11.5 Å². The molecule has 2 aromatic rings. The van der Waals surface area contributed by atoms with E-state index in [9.17, 15) is 4.79 Å². The lowest BCUT2D eigenvalue weighted by atomic mass is 10.2. The number of anilines is 1. The van der Waals surface area contributed by atoms with E-state index in [4.69, 9.17) is 14.3 Å². The number of ether oxygens (including phenoxy) is 2. The van der Waals surface area contributed by atoms with Crippen LogP contribution in [0.1, 0.15) is 12.5 Å². The topological polar surface area (TPSA) is 69.2 Å². The highest BCUT2D eigenvalue weighted by atomic mass is 79.9. The number of hydrogen-bond donors (Lipinski definition) is 1. The van der Waals surface area contributed by atoms with Gasteiger partial charge in [0.2, 0.25) is 0 Å². The molecule has 0 fully saturated rings. The molecule has 0 saturated heterocycles. The number of para-hydroxylation sites is 1. The predicted molar refractivity (Wildman–Crippen MR) is 100 cm³/mol. The number of oxime groups is 1. The van der Waals surface area contributed by atoms with E-state index in [-0.39, 0.29) is 12.5 Å². The number of methoxy groups -OCH3 is 1. The van der Waals surface area contributed by atoms with Gasteiger partial charge in [-0.25, -0.2) is 0 Å². The summed E-state index contributed by atoms with van der Waals surface area (Å²) in [4.78, 5) is 16.8. The van der Waals surface area contributed by atoms with Crippen molar-refractivity contribution in [2.24, 2.45) is 5.16 Å². The van der Waals surface area contributed by atoms with Crippen LogP contribution >= 0.6 is 15.9 Å². The molecule has 1 N–H and O–H groups in total. The second kappa shape index (κ2) is 9.68. The van der Waals surface area contributed by atoms with E-state index in [0.717, 1.165) is 10.0 Å². The Balaban J connectivity index is 1.92. The summed E-state index contributed by atoms with van der Waals surface area (Å²) in [6, 6.07) is 12.7. The van der Waals surface area contributed by atoms with Crippen LogP contribution in [-0.2, 0) is 9.63 Å². The van der Waals surface area contributed by atoms with Crippen molar-refractivity contribution in [3.63, 3.8) is 0 Å². The van der Waals surface area contributed by atoms with E-state index in [2.05, 4.69) is 26.4 Å². The second-order valence-corrected chi connectivity index (χ2v) is 5.74. The molecule has 0 aliphatic heterocycles. The van der Waals surface area contributed by atoms with E-state index in [1.165, 1.54) is 6.21 Å². The number of rotatable bonds is 8. The molecule has 0 atom stereocenters. The molecular weight excluding hydrogens is 388 g/mol. The fraction of sp³-hybridized carbons (Fsp3) is 0.222. The first-order valence-electron chi connectivity index (χ1n) is 7.64. The molecule has 0 unspecified atom stereocenters. The van der Waals surface area contributed by atoms with Crippen LogP contribution in [-0.4, -0.2) is 32.4 Å². The quantitative estimate of drug-likeness (QED) is 0.533. The van der Waals surface area contributed by atoms with Gasteiger partial charge in [-0.2, -0.15) is 0 Å². The average molecular weight is 407 g/mol.